The Labute approximate surface area is 143 Å². The third-order valence-electron chi connectivity index (χ3n) is 4.86. The lowest BCUT2D eigenvalue weighted by molar-refractivity contribution is -0.120. The van der Waals surface area contributed by atoms with E-state index in [0.717, 1.165) is 50.4 Å². The maximum absolute atomic E-state index is 12.3. The van der Waals surface area contributed by atoms with E-state index in [2.05, 4.69) is 58.5 Å². The van der Waals surface area contributed by atoms with Gasteiger partial charge in [-0.3, -0.25) is 14.8 Å². The van der Waals surface area contributed by atoms with Gasteiger partial charge in [-0.25, -0.2) is 0 Å². The van der Waals surface area contributed by atoms with Crippen molar-refractivity contribution in [2.24, 2.45) is 5.92 Å². The van der Waals surface area contributed by atoms with E-state index in [0.29, 0.717) is 0 Å². The van der Waals surface area contributed by atoms with Crippen LogP contribution in [0.25, 0.3) is 0 Å². The molecule has 0 atom stereocenters. The monoisotopic (exact) mass is 326 g/mol. The third-order valence-corrected chi connectivity index (χ3v) is 4.86. The van der Waals surface area contributed by atoms with E-state index < -0.39 is 0 Å². The number of hydrogen-bond donors (Lipinski definition) is 2. The van der Waals surface area contributed by atoms with Crippen LogP contribution in [-0.2, 0) is 24.3 Å². The topological polar surface area (TPSA) is 61.0 Å². The number of nitrogens with zero attached hydrogens (tertiary/aromatic N) is 2. The standard InChI is InChI=1S/C19H26N4O/c1-3-15(4-2)19(24)20-18-16-10-11-23(13-17(16)21-22-18)12-14-8-6-5-7-9-14/h5-9,15H,3-4,10-13H2,1-2H3,(H2,20,21,22,24). The van der Waals surface area contributed by atoms with E-state index in [-0.39, 0.29) is 11.8 Å². The summed E-state index contributed by atoms with van der Waals surface area (Å²) >= 11 is 0. The molecular weight excluding hydrogens is 300 g/mol. The molecule has 0 radical (unpaired) electrons. The normalized spacial score (nSPS) is 14.6. The van der Waals surface area contributed by atoms with Crippen molar-refractivity contribution < 1.29 is 4.79 Å². The molecule has 0 bridgehead atoms. The average Bonchev–Trinajstić information content (AvgIpc) is 2.99. The summed E-state index contributed by atoms with van der Waals surface area (Å²) in [6.45, 7) is 6.87. The largest absolute Gasteiger partial charge is 0.309 e. The van der Waals surface area contributed by atoms with Gasteiger partial charge in [0.05, 0.1) is 5.69 Å². The molecule has 2 N–H and O–H groups in total. The van der Waals surface area contributed by atoms with Crippen molar-refractivity contribution in [3.8, 4) is 0 Å². The molecule has 0 aliphatic carbocycles. The van der Waals surface area contributed by atoms with Crippen LogP contribution >= 0.6 is 0 Å². The number of nitrogens with one attached hydrogen (secondary N) is 2. The highest BCUT2D eigenvalue weighted by Gasteiger charge is 2.24. The Morgan fingerprint density at radius 3 is 2.75 bits per heavy atom. The van der Waals surface area contributed by atoms with Gasteiger partial charge in [-0.05, 0) is 24.8 Å². The highest BCUT2D eigenvalue weighted by Crippen LogP contribution is 2.25. The molecule has 1 aliphatic heterocycles. The first-order valence-corrected chi connectivity index (χ1v) is 8.84. The number of amides is 1. The second-order valence-electron chi connectivity index (χ2n) is 6.48. The lowest BCUT2D eigenvalue weighted by Gasteiger charge is -2.26. The Morgan fingerprint density at radius 1 is 1.29 bits per heavy atom. The molecule has 3 rings (SSSR count). The molecule has 0 fully saturated rings. The lowest BCUT2D eigenvalue weighted by Crippen LogP contribution is -2.30. The number of rotatable bonds is 6. The van der Waals surface area contributed by atoms with Gasteiger partial charge in [0.15, 0.2) is 5.82 Å². The molecule has 24 heavy (non-hydrogen) atoms. The molecule has 1 aromatic carbocycles. The van der Waals surface area contributed by atoms with E-state index in [1.807, 2.05) is 6.07 Å². The molecule has 1 amide bonds. The SMILES string of the molecule is CCC(CC)C(=O)Nc1n[nH]c2c1CCN(Cc1ccccc1)C2. The molecule has 5 nitrogen and oxygen atoms in total. The molecule has 0 unspecified atom stereocenters. The zero-order valence-corrected chi connectivity index (χ0v) is 14.5. The number of aromatic amines is 1. The smallest absolute Gasteiger partial charge is 0.228 e. The van der Waals surface area contributed by atoms with E-state index in [9.17, 15) is 4.79 Å². The van der Waals surface area contributed by atoms with Crippen molar-refractivity contribution >= 4 is 11.7 Å². The number of carbonyl (C=O) groups excluding carboxylic acids is 1. The van der Waals surface area contributed by atoms with Gasteiger partial charge in [0, 0.05) is 31.1 Å². The maximum atomic E-state index is 12.3. The third kappa shape index (κ3) is 3.67. The fourth-order valence-electron chi connectivity index (χ4n) is 3.33. The van der Waals surface area contributed by atoms with E-state index in [1.165, 1.54) is 11.1 Å². The Morgan fingerprint density at radius 2 is 2.04 bits per heavy atom. The van der Waals surface area contributed by atoms with Crippen LogP contribution < -0.4 is 5.32 Å². The predicted molar refractivity (Wildman–Crippen MR) is 95.5 cm³/mol. The number of aromatic nitrogens is 2. The van der Waals surface area contributed by atoms with Crippen molar-refractivity contribution in [3.63, 3.8) is 0 Å². The molecule has 0 spiro atoms. The Kier molecular flexibility index (Phi) is 5.30. The van der Waals surface area contributed by atoms with Gasteiger partial charge < -0.3 is 5.32 Å². The van der Waals surface area contributed by atoms with Crippen LogP contribution in [0.15, 0.2) is 30.3 Å². The minimum absolute atomic E-state index is 0.0653. The summed E-state index contributed by atoms with van der Waals surface area (Å²) in [7, 11) is 0. The predicted octanol–water partition coefficient (Wildman–Crippen LogP) is 3.34. The van der Waals surface area contributed by atoms with Crippen LogP contribution in [0.2, 0.25) is 0 Å². The Balaban J connectivity index is 1.65. The van der Waals surface area contributed by atoms with Gasteiger partial charge in [-0.15, -0.1) is 0 Å². The number of fused-ring (bicyclic) bond motifs is 1. The van der Waals surface area contributed by atoms with Gasteiger partial charge >= 0.3 is 0 Å². The van der Waals surface area contributed by atoms with Crippen LogP contribution in [0.4, 0.5) is 5.82 Å². The second-order valence-corrected chi connectivity index (χ2v) is 6.48. The van der Waals surface area contributed by atoms with Crippen LogP contribution in [-0.4, -0.2) is 27.5 Å². The Bertz CT molecular complexity index is 676. The summed E-state index contributed by atoms with van der Waals surface area (Å²) in [5.74, 6) is 0.873. The van der Waals surface area contributed by atoms with Crippen molar-refractivity contribution in [2.45, 2.75) is 46.2 Å². The van der Waals surface area contributed by atoms with Gasteiger partial charge in [0.2, 0.25) is 5.91 Å². The molecule has 5 heteroatoms. The molecule has 1 aliphatic rings. The second kappa shape index (κ2) is 7.62. The van der Waals surface area contributed by atoms with Crippen molar-refractivity contribution in [3.05, 3.63) is 47.2 Å². The van der Waals surface area contributed by atoms with Gasteiger partial charge in [0.1, 0.15) is 0 Å². The first-order valence-electron chi connectivity index (χ1n) is 8.84. The van der Waals surface area contributed by atoms with Gasteiger partial charge in [-0.1, -0.05) is 44.2 Å². The minimum atomic E-state index is 0.0653. The first-order chi connectivity index (χ1) is 11.7. The molecule has 1 aromatic heterocycles. The quantitative estimate of drug-likeness (QED) is 0.856. The van der Waals surface area contributed by atoms with Crippen LogP contribution in [0.5, 0.6) is 0 Å². The van der Waals surface area contributed by atoms with E-state index in [4.69, 9.17) is 0 Å². The van der Waals surface area contributed by atoms with Crippen LogP contribution in [0, 0.1) is 5.92 Å². The summed E-state index contributed by atoms with van der Waals surface area (Å²) in [5.41, 5.74) is 3.61. The molecule has 0 saturated heterocycles. The molecule has 0 saturated carbocycles. The van der Waals surface area contributed by atoms with Crippen LogP contribution in [0.3, 0.4) is 0 Å². The number of anilines is 1. The molecule has 128 valence electrons. The summed E-state index contributed by atoms with van der Waals surface area (Å²) in [5, 5.41) is 10.5. The first kappa shape index (κ1) is 16.7. The van der Waals surface area contributed by atoms with Crippen molar-refractivity contribution in [2.75, 3.05) is 11.9 Å². The highest BCUT2D eigenvalue weighted by molar-refractivity contribution is 5.92. The Hall–Kier alpha value is -2.14. The molecule has 2 heterocycles. The van der Waals surface area contributed by atoms with Gasteiger partial charge in [-0.2, -0.15) is 5.10 Å². The summed E-state index contributed by atoms with van der Waals surface area (Å²) in [4.78, 5) is 14.7. The van der Waals surface area contributed by atoms with E-state index >= 15 is 0 Å². The number of H-pyrrole nitrogens is 1. The van der Waals surface area contributed by atoms with Crippen LogP contribution in [0.1, 0.15) is 43.5 Å². The summed E-state index contributed by atoms with van der Waals surface area (Å²) < 4.78 is 0. The molecule has 2 aromatic rings. The number of carbonyl (C=O) groups is 1. The highest BCUT2D eigenvalue weighted by atomic mass is 16.1. The van der Waals surface area contributed by atoms with Crippen molar-refractivity contribution in [1.82, 2.24) is 15.1 Å². The summed E-state index contributed by atoms with van der Waals surface area (Å²) in [6.07, 6.45) is 2.64. The lowest BCUT2D eigenvalue weighted by atomic mass is 10.0. The zero-order valence-electron chi connectivity index (χ0n) is 14.5. The fraction of sp³-hybridized carbons (Fsp3) is 0.474. The van der Waals surface area contributed by atoms with E-state index in [1.54, 1.807) is 0 Å². The fourth-order valence-corrected chi connectivity index (χ4v) is 3.33. The average molecular weight is 326 g/mol. The summed E-state index contributed by atoms with van der Waals surface area (Å²) in [6, 6.07) is 10.5. The minimum Gasteiger partial charge on any atom is -0.309 e. The number of benzene rings is 1. The van der Waals surface area contributed by atoms with Crippen molar-refractivity contribution in [1.29, 1.82) is 0 Å². The van der Waals surface area contributed by atoms with Gasteiger partial charge in [0.25, 0.3) is 0 Å². The molecular formula is C19H26N4O. The maximum Gasteiger partial charge on any atom is 0.228 e. The number of hydrogen-bond acceptors (Lipinski definition) is 3. The zero-order chi connectivity index (χ0) is 16.9.